The van der Waals surface area contributed by atoms with Crippen molar-refractivity contribution in [2.75, 3.05) is 32.8 Å². The van der Waals surface area contributed by atoms with Gasteiger partial charge in [-0.3, -0.25) is 4.90 Å². The fourth-order valence-electron chi connectivity index (χ4n) is 5.53. The number of piperazine rings is 1. The molecule has 3 saturated heterocycles. The second kappa shape index (κ2) is 8.61. The molecule has 0 saturated carbocycles. The predicted octanol–water partition coefficient (Wildman–Crippen LogP) is 0.694. The van der Waals surface area contributed by atoms with E-state index in [-0.39, 0.29) is 23.2 Å². The normalized spacial score (nSPS) is 27.4. The first-order chi connectivity index (χ1) is 14.8. The molecular formula is C23H36N6O2. The Balaban J connectivity index is 1.55. The lowest BCUT2D eigenvalue weighted by atomic mass is 9.90. The number of phenolic OH excluding ortho intramolecular Hbond substituents is 1. The molecule has 3 aliphatic rings. The van der Waals surface area contributed by atoms with Crippen molar-refractivity contribution in [2.45, 2.75) is 50.4 Å². The Morgan fingerprint density at radius 1 is 1.16 bits per heavy atom. The average molecular weight is 429 g/mol. The van der Waals surface area contributed by atoms with Crippen molar-refractivity contribution in [3.05, 3.63) is 47.4 Å². The smallest absolute Gasteiger partial charge is 0.124 e. The molecule has 3 fully saturated rings. The molecule has 0 spiro atoms. The van der Waals surface area contributed by atoms with Gasteiger partial charge in [0.1, 0.15) is 11.6 Å². The van der Waals surface area contributed by atoms with E-state index in [4.69, 9.17) is 21.9 Å². The summed E-state index contributed by atoms with van der Waals surface area (Å²) in [5.74, 6) is 0.379. The highest BCUT2D eigenvalue weighted by Gasteiger charge is 2.50. The summed E-state index contributed by atoms with van der Waals surface area (Å²) in [7, 11) is 0. The summed E-state index contributed by atoms with van der Waals surface area (Å²) >= 11 is 0. The van der Waals surface area contributed by atoms with Gasteiger partial charge in [-0.15, -0.1) is 0 Å². The van der Waals surface area contributed by atoms with Gasteiger partial charge in [0.15, 0.2) is 0 Å². The number of nitrogens with zero attached hydrogens (tertiary/aromatic N) is 2. The Bertz CT molecular complexity index is 843. The number of likely N-dealkylation sites (tertiary alicyclic amines) is 1. The molecule has 2 bridgehead atoms. The molecule has 3 unspecified atom stereocenters. The lowest BCUT2D eigenvalue weighted by molar-refractivity contribution is -0.102. The van der Waals surface area contributed by atoms with Crippen LogP contribution < -0.4 is 22.5 Å². The van der Waals surface area contributed by atoms with Gasteiger partial charge in [0.05, 0.1) is 18.4 Å². The monoisotopic (exact) mass is 428 g/mol. The summed E-state index contributed by atoms with van der Waals surface area (Å²) in [4.78, 5) is 4.90. The summed E-state index contributed by atoms with van der Waals surface area (Å²) in [6.45, 7) is 8.83. The van der Waals surface area contributed by atoms with Gasteiger partial charge in [-0.2, -0.15) is 0 Å². The summed E-state index contributed by atoms with van der Waals surface area (Å²) in [5, 5.41) is 13.6. The van der Waals surface area contributed by atoms with Crippen LogP contribution in [0.2, 0.25) is 0 Å². The third kappa shape index (κ3) is 4.20. The molecule has 3 heterocycles. The number of nitrogens with two attached hydrogens (primary N) is 3. The van der Waals surface area contributed by atoms with E-state index < -0.39 is 0 Å². The zero-order valence-corrected chi connectivity index (χ0v) is 18.6. The Morgan fingerprint density at radius 3 is 2.42 bits per heavy atom. The number of morpholine rings is 1. The van der Waals surface area contributed by atoms with Crippen LogP contribution >= 0.6 is 0 Å². The molecule has 8 nitrogen and oxygen atoms in total. The third-order valence-corrected chi connectivity index (χ3v) is 7.01. The molecule has 0 amide bonds. The number of aromatic hydroxyl groups is 1. The van der Waals surface area contributed by atoms with Gasteiger partial charge in [-0.05, 0) is 44.9 Å². The first kappa shape index (κ1) is 21.8. The Kier molecular flexibility index (Phi) is 6.05. The lowest BCUT2D eigenvalue weighted by Gasteiger charge is -2.53. The number of hydrogen-bond acceptors (Lipinski definition) is 8. The maximum Gasteiger partial charge on any atom is 0.124 e. The van der Waals surface area contributed by atoms with Gasteiger partial charge in [0.25, 0.3) is 0 Å². The largest absolute Gasteiger partial charge is 0.507 e. The standard InChI is InChI=1S/C23H36N6O2/c1-23(2,21-12-27-9-10-31-21)29-15-7-8-16(29)14-28(13-15)19(22(25)26)11-18(24)17-5-3-4-6-20(17)30/h3-6,11,15-16,21,27,30H,7-10,12-14,24-26H2,1-2H3/b18-11-. The highest BCUT2D eigenvalue weighted by Crippen LogP contribution is 2.40. The Morgan fingerprint density at radius 2 is 1.84 bits per heavy atom. The maximum atomic E-state index is 10.1. The van der Waals surface area contributed by atoms with E-state index in [2.05, 4.69) is 29.0 Å². The van der Waals surface area contributed by atoms with Crippen LogP contribution in [0.15, 0.2) is 41.9 Å². The summed E-state index contributed by atoms with van der Waals surface area (Å²) in [5.41, 5.74) is 20.2. The van der Waals surface area contributed by atoms with E-state index in [1.165, 1.54) is 0 Å². The zero-order valence-electron chi connectivity index (χ0n) is 18.6. The van der Waals surface area contributed by atoms with Gasteiger partial charge in [0, 0.05) is 55.1 Å². The van der Waals surface area contributed by atoms with Crippen LogP contribution in [0.3, 0.4) is 0 Å². The molecule has 3 aliphatic heterocycles. The molecule has 0 aromatic heterocycles. The number of fused-ring (bicyclic) bond motifs is 2. The molecular weight excluding hydrogens is 392 g/mol. The number of allylic oxidation sites excluding steroid dienone is 1. The van der Waals surface area contributed by atoms with Crippen LogP contribution in [-0.2, 0) is 4.74 Å². The van der Waals surface area contributed by atoms with Crippen molar-refractivity contribution in [1.29, 1.82) is 0 Å². The van der Waals surface area contributed by atoms with Crippen LogP contribution in [0.1, 0.15) is 32.3 Å². The average Bonchev–Trinajstić information content (AvgIpc) is 3.04. The van der Waals surface area contributed by atoms with E-state index in [1.807, 2.05) is 6.07 Å². The molecule has 8 N–H and O–H groups in total. The summed E-state index contributed by atoms with van der Waals surface area (Å²) in [6.07, 6.45) is 4.24. The van der Waals surface area contributed by atoms with Gasteiger partial charge in [-0.25, -0.2) is 0 Å². The first-order valence-corrected chi connectivity index (χ1v) is 11.2. The van der Waals surface area contributed by atoms with Gasteiger partial charge >= 0.3 is 0 Å². The number of rotatable bonds is 5. The van der Waals surface area contributed by atoms with Gasteiger partial charge < -0.3 is 37.3 Å². The quantitative estimate of drug-likeness (QED) is 0.434. The van der Waals surface area contributed by atoms with Crippen molar-refractivity contribution in [1.82, 2.24) is 15.1 Å². The van der Waals surface area contributed by atoms with Crippen molar-refractivity contribution in [2.24, 2.45) is 17.2 Å². The van der Waals surface area contributed by atoms with E-state index in [0.717, 1.165) is 51.3 Å². The topological polar surface area (TPSA) is 126 Å². The molecule has 0 radical (unpaired) electrons. The van der Waals surface area contributed by atoms with Gasteiger partial charge in [-0.1, -0.05) is 12.1 Å². The number of ether oxygens (including phenoxy) is 1. The number of nitrogens with one attached hydrogen (secondary N) is 1. The minimum atomic E-state index is -0.0613. The molecule has 31 heavy (non-hydrogen) atoms. The van der Waals surface area contributed by atoms with E-state index in [0.29, 0.717) is 23.3 Å². The number of benzene rings is 1. The predicted molar refractivity (Wildman–Crippen MR) is 123 cm³/mol. The van der Waals surface area contributed by atoms with Crippen molar-refractivity contribution >= 4 is 5.70 Å². The van der Waals surface area contributed by atoms with Crippen LogP contribution in [0.4, 0.5) is 0 Å². The van der Waals surface area contributed by atoms with Crippen molar-refractivity contribution in [3.63, 3.8) is 0 Å². The Hall–Kier alpha value is -2.42. The highest BCUT2D eigenvalue weighted by molar-refractivity contribution is 5.69. The first-order valence-electron chi connectivity index (χ1n) is 11.2. The third-order valence-electron chi connectivity index (χ3n) is 7.01. The number of para-hydroxylation sites is 1. The minimum Gasteiger partial charge on any atom is -0.507 e. The summed E-state index contributed by atoms with van der Waals surface area (Å²) in [6, 6.07) is 7.81. The zero-order chi connectivity index (χ0) is 22.2. The highest BCUT2D eigenvalue weighted by atomic mass is 16.5. The number of hydrogen-bond donors (Lipinski definition) is 5. The number of phenols is 1. The Labute approximate surface area is 184 Å². The second-order valence-electron chi connectivity index (χ2n) is 9.37. The maximum absolute atomic E-state index is 10.1. The van der Waals surface area contributed by atoms with Crippen LogP contribution in [0.25, 0.3) is 5.70 Å². The minimum absolute atomic E-state index is 0.0613. The molecule has 170 valence electrons. The van der Waals surface area contributed by atoms with E-state index in [1.54, 1.807) is 24.3 Å². The molecule has 4 rings (SSSR count). The van der Waals surface area contributed by atoms with E-state index in [9.17, 15) is 5.11 Å². The molecule has 3 atom stereocenters. The summed E-state index contributed by atoms with van der Waals surface area (Å²) < 4.78 is 6.13. The van der Waals surface area contributed by atoms with E-state index >= 15 is 0 Å². The molecule has 1 aromatic rings. The molecule has 0 aliphatic carbocycles. The van der Waals surface area contributed by atoms with Gasteiger partial charge in [0.2, 0.25) is 0 Å². The fraction of sp³-hybridized carbons (Fsp3) is 0.565. The SMILES string of the molecule is CC(C)(C1CNCCO1)N1C2CCC1CN(C(/C=C(\N)c1ccccc1O)=C(N)N)C2. The van der Waals surface area contributed by atoms with Crippen LogP contribution in [0, 0.1) is 0 Å². The van der Waals surface area contributed by atoms with Crippen LogP contribution in [0.5, 0.6) is 5.75 Å². The van der Waals surface area contributed by atoms with Crippen molar-refractivity contribution < 1.29 is 9.84 Å². The second-order valence-corrected chi connectivity index (χ2v) is 9.37. The fourth-order valence-corrected chi connectivity index (χ4v) is 5.53. The lowest BCUT2D eigenvalue weighted by Crippen LogP contribution is -2.66. The van der Waals surface area contributed by atoms with Crippen molar-refractivity contribution in [3.8, 4) is 5.75 Å². The van der Waals surface area contributed by atoms with Crippen LogP contribution in [-0.4, -0.2) is 71.4 Å². The molecule has 1 aromatic carbocycles. The molecule has 8 heteroatoms.